The average Bonchev–Trinajstić information content (AvgIpc) is 2.36. The molecule has 0 heterocycles. The van der Waals surface area contributed by atoms with E-state index in [1.165, 1.54) is 0 Å². The largest absolute Gasteiger partial charge is 0.497 e. The molecule has 0 saturated heterocycles. The van der Waals surface area contributed by atoms with E-state index in [9.17, 15) is 9.90 Å². The van der Waals surface area contributed by atoms with Gasteiger partial charge in [0.15, 0.2) is 6.10 Å². The van der Waals surface area contributed by atoms with Gasteiger partial charge in [0.05, 0.1) is 7.11 Å². The van der Waals surface area contributed by atoms with Gasteiger partial charge in [-0.15, -0.1) is 0 Å². The molecule has 1 aliphatic rings. The van der Waals surface area contributed by atoms with Crippen LogP contribution in [0.1, 0.15) is 37.9 Å². The molecular weight excluding hydrogens is 230 g/mol. The third-order valence-electron chi connectivity index (χ3n) is 3.54. The molecular formula is C14H19NO3. The lowest BCUT2D eigenvalue weighted by molar-refractivity contribution is -0.132. The van der Waals surface area contributed by atoms with Gasteiger partial charge in [-0.25, -0.2) is 0 Å². The highest BCUT2D eigenvalue weighted by Crippen LogP contribution is 2.31. The molecule has 0 bridgehead atoms. The number of rotatable bonds is 4. The van der Waals surface area contributed by atoms with E-state index in [-0.39, 0.29) is 11.4 Å². The van der Waals surface area contributed by atoms with Crippen molar-refractivity contribution in [3.63, 3.8) is 0 Å². The minimum absolute atomic E-state index is 0.142. The molecule has 4 heteroatoms. The number of ether oxygens (including phenoxy) is 1. The number of aliphatic hydroxyl groups is 1. The van der Waals surface area contributed by atoms with E-state index in [0.717, 1.165) is 19.3 Å². The molecule has 2 rings (SSSR count). The molecule has 2 N–H and O–H groups in total. The summed E-state index contributed by atoms with van der Waals surface area (Å²) in [6, 6.07) is 6.93. The van der Waals surface area contributed by atoms with E-state index in [0.29, 0.717) is 11.3 Å². The number of carbonyl (C=O) groups is 1. The Morgan fingerprint density at radius 3 is 2.78 bits per heavy atom. The minimum atomic E-state index is -1.14. The number of aliphatic hydroxyl groups excluding tert-OH is 1. The van der Waals surface area contributed by atoms with Crippen molar-refractivity contribution >= 4 is 5.91 Å². The van der Waals surface area contributed by atoms with Crippen LogP contribution in [0.5, 0.6) is 5.75 Å². The van der Waals surface area contributed by atoms with Crippen LogP contribution in [-0.2, 0) is 4.79 Å². The Balaban J connectivity index is 2.05. The molecule has 1 aliphatic carbocycles. The summed E-state index contributed by atoms with van der Waals surface area (Å²) < 4.78 is 5.08. The van der Waals surface area contributed by atoms with Crippen LogP contribution in [0.4, 0.5) is 0 Å². The molecule has 1 fully saturated rings. The van der Waals surface area contributed by atoms with Crippen molar-refractivity contribution in [3.8, 4) is 5.75 Å². The summed E-state index contributed by atoms with van der Waals surface area (Å²) in [7, 11) is 1.56. The van der Waals surface area contributed by atoms with Crippen LogP contribution in [0, 0.1) is 0 Å². The SMILES string of the molecule is COc1cccc(C(O)C(=O)NC2(C)CCC2)c1. The van der Waals surface area contributed by atoms with Crippen molar-refractivity contribution in [2.45, 2.75) is 37.8 Å². The maximum absolute atomic E-state index is 11.9. The molecule has 98 valence electrons. The highest BCUT2D eigenvalue weighted by molar-refractivity contribution is 5.82. The molecule has 4 nitrogen and oxygen atoms in total. The third kappa shape index (κ3) is 2.64. The number of hydrogen-bond acceptors (Lipinski definition) is 3. The number of nitrogens with one attached hydrogen (secondary N) is 1. The summed E-state index contributed by atoms with van der Waals surface area (Å²) >= 11 is 0. The van der Waals surface area contributed by atoms with Crippen molar-refractivity contribution < 1.29 is 14.6 Å². The molecule has 0 aromatic heterocycles. The van der Waals surface area contributed by atoms with Gasteiger partial charge in [0.25, 0.3) is 5.91 Å². The lowest BCUT2D eigenvalue weighted by Crippen LogP contribution is -2.52. The second kappa shape index (κ2) is 4.98. The molecule has 0 spiro atoms. The molecule has 1 saturated carbocycles. The zero-order chi connectivity index (χ0) is 13.2. The van der Waals surface area contributed by atoms with Crippen molar-refractivity contribution in [2.24, 2.45) is 0 Å². The Labute approximate surface area is 107 Å². The van der Waals surface area contributed by atoms with Gasteiger partial charge >= 0.3 is 0 Å². The molecule has 1 aromatic rings. The Morgan fingerprint density at radius 1 is 1.50 bits per heavy atom. The lowest BCUT2D eigenvalue weighted by Gasteiger charge is -2.39. The van der Waals surface area contributed by atoms with Gasteiger partial charge in [-0.3, -0.25) is 4.79 Å². The Bertz CT molecular complexity index is 440. The van der Waals surface area contributed by atoms with Crippen molar-refractivity contribution in [1.82, 2.24) is 5.32 Å². The zero-order valence-corrected chi connectivity index (χ0v) is 10.8. The summed E-state index contributed by atoms with van der Waals surface area (Å²) in [6.07, 6.45) is 1.94. The van der Waals surface area contributed by atoms with Gasteiger partial charge in [0.1, 0.15) is 5.75 Å². The normalized spacial score (nSPS) is 18.6. The number of carbonyl (C=O) groups excluding carboxylic acids is 1. The Kier molecular flexibility index (Phi) is 3.57. The minimum Gasteiger partial charge on any atom is -0.497 e. The Hall–Kier alpha value is -1.55. The van der Waals surface area contributed by atoms with Gasteiger partial charge in [0.2, 0.25) is 0 Å². The Morgan fingerprint density at radius 2 is 2.22 bits per heavy atom. The van der Waals surface area contributed by atoms with Crippen LogP contribution in [0.2, 0.25) is 0 Å². The first-order valence-corrected chi connectivity index (χ1v) is 6.18. The summed E-state index contributed by atoms with van der Waals surface area (Å²) in [5.74, 6) is 0.291. The summed E-state index contributed by atoms with van der Waals surface area (Å²) in [5, 5.41) is 12.9. The fourth-order valence-corrected chi connectivity index (χ4v) is 2.16. The van der Waals surface area contributed by atoms with E-state index in [1.54, 1.807) is 31.4 Å². The summed E-state index contributed by atoms with van der Waals surface area (Å²) in [5.41, 5.74) is 0.409. The van der Waals surface area contributed by atoms with Crippen LogP contribution >= 0.6 is 0 Å². The smallest absolute Gasteiger partial charge is 0.253 e. The van der Waals surface area contributed by atoms with Crippen LogP contribution in [0.25, 0.3) is 0 Å². The van der Waals surface area contributed by atoms with E-state index >= 15 is 0 Å². The predicted octanol–water partition coefficient (Wildman–Crippen LogP) is 1.79. The topological polar surface area (TPSA) is 58.6 Å². The van der Waals surface area contributed by atoms with E-state index in [4.69, 9.17) is 4.74 Å². The van der Waals surface area contributed by atoms with Gasteiger partial charge < -0.3 is 15.2 Å². The zero-order valence-electron chi connectivity index (χ0n) is 10.8. The average molecular weight is 249 g/mol. The van der Waals surface area contributed by atoms with Crippen LogP contribution in [0.3, 0.4) is 0 Å². The third-order valence-corrected chi connectivity index (χ3v) is 3.54. The molecule has 1 atom stereocenters. The molecule has 18 heavy (non-hydrogen) atoms. The number of benzene rings is 1. The van der Waals surface area contributed by atoms with Crippen LogP contribution < -0.4 is 10.1 Å². The van der Waals surface area contributed by atoms with E-state index in [2.05, 4.69) is 5.32 Å². The molecule has 0 aliphatic heterocycles. The van der Waals surface area contributed by atoms with Crippen molar-refractivity contribution in [2.75, 3.05) is 7.11 Å². The van der Waals surface area contributed by atoms with Crippen molar-refractivity contribution in [1.29, 1.82) is 0 Å². The molecule has 1 amide bonds. The molecule has 1 aromatic carbocycles. The predicted molar refractivity (Wildman–Crippen MR) is 68.4 cm³/mol. The fourth-order valence-electron chi connectivity index (χ4n) is 2.16. The highest BCUT2D eigenvalue weighted by atomic mass is 16.5. The first kappa shape index (κ1) is 12.9. The maximum atomic E-state index is 11.9. The highest BCUT2D eigenvalue weighted by Gasteiger charge is 2.34. The summed E-state index contributed by atoms with van der Waals surface area (Å²) in [4.78, 5) is 11.9. The van der Waals surface area contributed by atoms with Gasteiger partial charge in [0, 0.05) is 5.54 Å². The van der Waals surface area contributed by atoms with Crippen molar-refractivity contribution in [3.05, 3.63) is 29.8 Å². The quantitative estimate of drug-likeness (QED) is 0.855. The van der Waals surface area contributed by atoms with Gasteiger partial charge in [-0.2, -0.15) is 0 Å². The standard InChI is InChI=1S/C14H19NO3/c1-14(7-4-8-14)15-13(17)12(16)10-5-3-6-11(9-10)18-2/h3,5-6,9,12,16H,4,7-8H2,1-2H3,(H,15,17). The maximum Gasteiger partial charge on any atom is 0.253 e. The fraction of sp³-hybridized carbons (Fsp3) is 0.500. The second-order valence-electron chi connectivity index (χ2n) is 5.08. The number of hydrogen-bond donors (Lipinski definition) is 2. The van der Waals surface area contributed by atoms with E-state index < -0.39 is 6.10 Å². The second-order valence-corrected chi connectivity index (χ2v) is 5.08. The van der Waals surface area contributed by atoms with Crippen LogP contribution in [0.15, 0.2) is 24.3 Å². The molecule has 0 radical (unpaired) electrons. The first-order chi connectivity index (χ1) is 8.54. The van der Waals surface area contributed by atoms with Gasteiger partial charge in [-0.1, -0.05) is 12.1 Å². The lowest BCUT2D eigenvalue weighted by atomic mass is 9.78. The first-order valence-electron chi connectivity index (χ1n) is 6.18. The number of methoxy groups -OCH3 is 1. The van der Waals surface area contributed by atoms with Crippen LogP contribution in [-0.4, -0.2) is 23.7 Å². The molecule has 1 unspecified atom stereocenters. The van der Waals surface area contributed by atoms with E-state index in [1.807, 2.05) is 6.92 Å². The summed E-state index contributed by atoms with van der Waals surface area (Å²) in [6.45, 7) is 2.01. The van der Waals surface area contributed by atoms with Gasteiger partial charge in [-0.05, 0) is 43.9 Å². The monoisotopic (exact) mass is 249 g/mol. The number of amides is 1.